The van der Waals surface area contributed by atoms with Crippen molar-refractivity contribution in [1.82, 2.24) is 30.0 Å². The molecule has 0 unspecified atom stereocenters. The number of amides is 1. The first-order valence-electron chi connectivity index (χ1n) is 11.2. The molecule has 3 aromatic heterocycles. The molecular weight excluding hydrogens is 499 g/mol. The Morgan fingerprint density at radius 3 is 2.77 bits per heavy atom. The summed E-state index contributed by atoms with van der Waals surface area (Å²) in [6.07, 6.45) is -0.0290. The molecule has 186 valence electrons. The third-order valence-electron chi connectivity index (χ3n) is 6.10. The topological polar surface area (TPSA) is 88.0 Å². The minimum atomic E-state index is -4.64. The van der Waals surface area contributed by atoms with Crippen LogP contribution in [0.4, 0.5) is 24.8 Å². The van der Waals surface area contributed by atoms with Crippen LogP contribution in [-0.2, 0) is 6.18 Å². The van der Waals surface area contributed by atoms with Crippen LogP contribution < -0.4 is 10.6 Å². The molecule has 2 aliphatic rings. The quantitative estimate of drug-likeness (QED) is 0.518. The molecule has 0 atom stereocenters. The average Bonchev–Trinajstić information content (AvgIpc) is 3.35. The number of thioether (sulfide) groups is 1. The zero-order valence-corrected chi connectivity index (χ0v) is 20.8. The molecule has 35 heavy (non-hydrogen) atoms. The summed E-state index contributed by atoms with van der Waals surface area (Å²) in [4.78, 5) is 24.1. The number of hydrogen-bond acceptors (Lipinski definition) is 8. The zero-order valence-electron chi connectivity index (χ0n) is 19.1. The Labute approximate surface area is 208 Å². The largest absolute Gasteiger partial charge is 0.420 e. The van der Waals surface area contributed by atoms with Crippen LogP contribution in [0.15, 0.2) is 23.4 Å². The van der Waals surface area contributed by atoms with Crippen molar-refractivity contribution in [3.63, 3.8) is 0 Å². The van der Waals surface area contributed by atoms with Crippen molar-refractivity contribution in [3.05, 3.63) is 34.6 Å². The molecule has 8 nitrogen and oxygen atoms in total. The number of likely N-dealkylation sites (tertiary alicyclic amines) is 1. The smallest absolute Gasteiger partial charge is 0.350 e. The van der Waals surface area contributed by atoms with Crippen molar-refractivity contribution in [2.75, 3.05) is 37.8 Å². The van der Waals surface area contributed by atoms with Crippen molar-refractivity contribution in [2.45, 2.75) is 36.9 Å². The number of anilines is 2. The highest BCUT2D eigenvalue weighted by Gasteiger charge is 2.36. The second kappa shape index (κ2) is 9.43. The summed E-state index contributed by atoms with van der Waals surface area (Å²) in [5.41, 5.74) is 0.168. The van der Waals surface area contributed by atoms with E-state index in [1.165, 1.54) is 11.8 Å². The number of halogens is 3. The lowest BCUT2D eigenvalue weighted by atomic mass is 10.1. The Morgan fingerprint density at radius 2 is 2.03 bits per heavy atom. The molecule has 5 heterocycles. The first kappa shape index (κ1) is 24.1. The molecule has 2 aliphatic heterocycles. The van der Waals surface area contributed by atoms with Gasteiger partial charge in [0.05, 0.1) is 28.0 Å². The lowest BCUT2D eigenvalue weighted by Gasteiger charge is -2.28. The summed E-state index contributed by atoms with van der Waals surface area (Å²) in [5, 5.41) is 10.4. The molecule has 0 aromatic carbocycles. The zero-order chi connectivity index (χ0) is 24.7. The van der Waals surface area contributed by atoms with Gasteiger partial charge >= 0.3 is 6.18 Å². The molecule has 13 heteroatoms. The van der Waals surface area contributed by atoms with Crippen LogP contribution in [0.3, 0.4) is 0 Å². The molecule has 3 aromatic rings. The van der Waals surface area contributed by atoms with Crippen LogP contribution >= 0.6 is 23.1 Å². The van der Waals surface area contributed by atoms with Gasteiger partial charge in [-0.15, -0.1) is 23.1 Å². The Bertz CT molecular complexity index is 1250. The van der Waals surface area contributed by atoms with E-state index < -0.39 is 11.7 Å². The molecule has 0 aliphatic carbocycles. The molecule has 5 rings (SSSR count). The number of hydrogen-bond donors (Lipinski definition) is 2. The predicted molar refractivity (Wildman–Crippen MR) is 129 cm³/mol. The summed E-state index contributed by atoms with van der Waals surface area (Å²) >= 11 is 2.45. The molecular formula is C22H24F3N7OS2. The van der Waals surface area contributed by atoms with E-state index in [4.69, 9.17) is 0 Å². The van der Waals surface area contributed by atoms with Crippen LogP contribution in [0.5, 0.6) is 0 Å². The lowest BCUT2D eigenvalue weighted by Crippen LogP contribution is -2.31. The predicted octanol–water partition coefficient (Wildman–Crippen LogP) is 4.57. The number of thiophene rings is 1. The van der Waals surface area contributed by atoms with Crippen molar-refractivity contribution in [1.29, 1.82) is 0 Å². The number of nitrogens with zero attached hydrogens (tertiary/aromatic N) is 5. The van der Waals surface area contributed by atoms with E-state index in [0.29, 0.717) is 33.5 Å². The molecule has 0 radical (unpaired) electrons. The maximum atomic E-state index is 13.8. The number of aryl methyl sites for hydroxylation is 1. The molecule has 1 fully saturated rings. The van der Waals surface area contributed by atoms with Gasteiger partial charge in [0, 0.05) is 29.6 Å². The number of nitrogens with one attached hydrogen (secondary N) is 2. The highest BCUT2D eigenvalue weighted by Crippen LogP contribution is 2.42. The van der Waals surface area contributed by atoms with Crippen LogP contribution in [0.2, 0.25) is 0 Å². The Balaban J connectivity index is 1.47. The number of piperidine rings is 1. The first-order valence-corrected chi connectivity index (χ1v) is 13.0. The van der Waals surface area contributed by atoms with Crippen LogP contribution in [0.25, 0.3) is 10.6 Å². The van der Waals surface area contributed by atoms with Gasteiger partial charge in [-0.1, -0.05) is 0 Å². The van der Waals surface area contributed by atoms with Crippen LogP contribution in [0, 0.1) is 6.92 Å². The van der Waals surface area contributed by atoms with Gasteiger partial charge in [0.2, 0.25) is 5.95 Å². The van der Waals surface area contributed by atoms with E-state index in [1.54, 1.807) is 6.07 Å². The van der Waals surface area contributed by atoms with Crippen molar-refractivity contribution >= 4 is 40.6 Å². The van der Waals surface area contributed by atoms with E-state index in [2.05, 4.69) is 37.6 Å². The number of carbonyl (C=O) groups excluding carboxylic acids is 1. The highest BCUT2D eigenvalue weighted by molar-refractivity contribution is 7.99. The van der Waals surface area contributed by atoms with Crippen LogP contribution in [0.1, 0.15) is 39.8 Å². The fourth-order valence-corrected chi connectivity index (χ4v) is 6.37. The third-order valence-corrected chi connectivity index (χ3v) is 8.41. The lowest BCUT2D eigenvalue weighted by molar-refractivity contribution is -0.137. The van der Waals surface area contributed by atoms with Gasteiger partial charge in [-0.25, -0.2) is 9.97 Å². The number of carbonyl (C=O) groups is 1. The van der Waals surface area contributed by atoms with Gasteiger partial charge in [-0.05, 0) is 46.0 Å². The van der Waals surface area contributed by atoms with Gasteiger partial charge in [0.15, 0.2) is 0 Å². The van der Waals surface area contributed by atoms with E-state index in [-0.39, 0.29) is 28.5 Å². The minimum Gasteiger partial charge on any atom is -0.350 e. The molecule has 0 saturated carbocycles. The number of fused-ring (bicyclic) bond motifs is 1. The Kier molecular flexibility index (Phi) is 6.49. The number of aromatic nitrogens is 4. The van der Waals surface area contributed by atoms with Crippen molar-refractivity contribution in [2.24, 2.45) is 0 Å². The Hall–Kier alpha value is -2.64. The van der Waals surface area contributed by atoms with E-state index in [9.17, 15) is 18.0 Å². The fourth-order valence-electron chi connectivity index (χ4n) is 4.17. The summed E-state index contributed by atoms with van der Waals surface area (Å²) < 4.78 is 43.4. The molecule has 0 spiro atoms. The van der Waals surface area contributed by atoms with E-state index in [1.807, 2.05) is 17.8 Å². The number of rotatable bonds is 4. The Morgan fingerprint density at radius 1 is 1.26 bits per heavy atom. The third kappa shape index (κ3) is 5.02. The normalized spacial score (nSPS) is 17.7. The van der Waals surface area contributed by atoms with Gasteiger partial charge in [0.1, 0.15) is 10.4 Å². The van der Waals surface area contributed by atoms with Gasteiger partial charge < -0.3 is 15.5 Å². The van der Waals surface area contributed by atoms with Crippen molar-refractivity contribution in [3.8, 4) is 10.6 Å². The minimum absolute atomic E-state index is 0.0414. The highest BCUT2D eigenvalue weighted by atomic mass is 32.2. The second-order valence-electron chi connectivity index (χ2n) is 8.63. The number of alkyl halides is 3. The molecule has 0 bridgehead atoms. The maximum absolute atomic E-state index is 13.8. The molecule has 2 N–H and O–H groups in total. The average molecular weight is 524 g/mol. The summed E-state index contributed by atoms with van der Waals surface area (Å²) in [5.74, 6) is 0.414. The monoisotopic (exact) mass is 523 g/mol. The standard InChI is InChI=1S/C22H24F3N7OS2/c1-12-15(11-32(30-12)13-3-6-31(2)7-4-13)28-21-27-10-14(22(23,24)25)18(29-21)16-9-17-19(35-16)20(33)26-5-8-34-17/h9-11,13H,3-8H2,1-2H3,(H,26,33)(H,27,28,29). The van der Waals surface area contributed by atoms with Gasteiger partial charge in [0.25, 0.3) is 5.91 Å². The fraction of sp³-hybridized carbons (Fsp3) is 0.455. The summed E-state index contributed by atoms with van der Waals surface area (Å²) in [7, 11) is 2.09. The summed E-state index contributed by atoms with van der Waals surface area (Å²) in [6, 6.07) is 1.88. The summed E-state index contributed by atoms with van der Waals surface area (Å²) in [6.45, 7) is 4.32. The first-order chi connectivity index (χ1) is 16.7. The van der Waals surface area contributed by atoms with Gasteiger partial charge in [-0.3, -0.25) is 9.48 Å². The molecule has 1 saturated heterocycles. The SMILES string of the molecule is Cc1nn(C2CCN(C)CC2)cc1Nc1ncc(C(F)(F)F)c(-c2cc3c(s2)C(=O)NCCS3)n1. The van der Waals surface area contributed by atoms with E-state index in [0.717, 1.165) is 43.5 Å². The van der Waals surface area contributed by atoms with Crippen molar-refractivity contribution < 1.29 is 18.0 Å². The maximum Gasteiger partial charge on any atom is 0.420 e. The molecule has 1 amide bonds. The van der Waals surface area contributed by atoms with Crippen LogP contribution in [-0.4, -0.2) is 63.0 Å². The van der Waals surface area contributed by atoms with Gasteiger partial charge in [-0.2, -0.15) is 18.3 Å². The second-order valence-corrected chi connectivity index (χ2v) is 10.8. The van der Waals surface area contributed by atoms with E-state index >= 15 is 0 Å².